The molecular formula is C30H27F3N4O4. The van der Waals surface area contributed by atoms with Crippen molar-refractivity contribution in [1.82, 2.24) is 9.88 Å². The molecule has 2 aromatic carbocycles. The molecule has 2 amide bonds. The largest absolute Gasteiger partial charge is 0.416 e. The molecule has 212 valence electrons. The van der Waals surface area contributed by atoms with E-state index in [0.29, 0.717) is 23.0 Å². The number of alkyl halides is 3. The van der Waals surface area contributed by atoms with Gasteiger partial charge >= 0.3 is 12.2 Å². The Balaban J connectivity index is 0.00000147. The highest BCUT2D eigenvalue weighted by molar-refractivity contribution is 6.04. The number of aromatic nitrogens is 1. The number of rotatable bonds is 6. The molecule has 0 spiro atoms. The first-order valence-electron chi connectivity index (χ1n) is 12.3. The van der Waals surface area contributed by atoms with E-state index in [1.54, 1.807) is 44.6 Å². The fourth-order valence-electron chi connectivity index (χ4n) is 4.53. The molecule has 0 N–H and O–H groups in total. The van der Waals surface area contributed by atoms with Crippen LogP contribution in [0.5, 0.6) is 0 Å². The van der Waals surface area contributed by atoms with Crippen LogP contribution in [0, 0.1) is 11.3 Å². The first kappa shape index (κ1) is 30.7. The van der Waals surface area contributed by atoms with Crippen LogP contribution in [0.15, 0.2) is 78.1 Å². The number of amides is 2. The smallest absolute Gasteiger partial charge is 0.388 e. The number of ketones is 1. The zero-order chi connectivity index (χ0) is 30.3. The molecule has 0 fully saturated rings. The lowest BCUT2D eigenvalue weighted by atomic mass is 9.90. The number of halogens is 3. The SMILES string of the molecule is CC(=O)C1=C(C)N(c2cccc(C(F)(F)F)c2)C(=O)N(Cc2cccc(C=O)c2)C1c1ccc(C#N)nc1.COC. The summed E-state index contributed by atoms with van der Waals surface area (Å²) in [6.45, 7) is 2.75. The summed E-state index contributed by atoms with van der Waals surface area (Å²) in [5.41, 5.74) is 0.883. The van der Waals surface area contributed by atoms with Crippen LogP contribution in [0.3, 0.4) is 0 Å². The third kappa shape index (κ3) is 6.85. The van der Waals surface area contributed by atoms with Gasteiger partial charge in [-0.3, -0.25) is 14.5 Å². The third-order valence-corrected chi connectivity index (χ3v) is 6.21. The van der Waals surface area contributed by atoms with Crippen molar-refractivity contribution >= 4 is 23.8 Å². The maximum atomic E-state index is 14.0. The monoisotopic (exact) mass is 564 g/mol. The number of ether oxygens (including phenoxy) is 1. The highest BCUT2D eigenvalue weighted by atomic mass is 19.4. The standard InChI is InChI=1S/C28H21F3N4O3.C2H6O/c1-17-25(18(2)37)26(21-9-10-23(13-32)33-14-21)34(15-19-5-3-6-20(11-19)16-36)27(38)35(17)24-8-4-7-22(12-24)28(29,30)31;1-3-2/h3-12,14,16,26H,15H2,1-2H3;1-2H3. The minimum atomic E-state index is -4.64. The van der Waals surface area contributed by atoms with Gasteiger partial charge in [0.25, 0.3) is 0 Å². The van der Waals surface area contributed by atoms with Crippen molar-refractivity contribution < 1.29 is 32.3 Å². The van der Waals surface area contributed by atoms with Crippen LogP contribution in [-0.2, 0) is 22.3 Å². The quantitative estimate of drug-likeness (QED) is 0.336. The Morgan fingerprint density at radius 1 is 1.12 bits per heavy atom. The molecule has 2 heterocycles. The normalized spacial score (nSPS) is 15.2. The van der Waals surface area contributed by atoms with Gasteiger partial charge in [0.15, 0.2) is 5.78 Å². The van der Waals surface area contributed by atoms with Crippen LogP contribution in [0.2, 0.25) is 0 Å². The number of Topliss-reactive ketones (excluding diaryl/α,β-unsaturated/α-hetero) is 1. The maximum Gasteiger partial charge on any atom is 0.416 e. The molecule has 11 heteroatoms. The van der Waals surface area contributed by atoms with E-state index in [2.05, 4.69) is 9.72 Å². The lowest BCUT2D eigenvalue weighted by Crippen LogP contribution is -2.50. The van der Waals surface area contributed by atoms with E-state index in [1.165, 1.54) is 43.1 Å². The van der Waals surface area contributed by atoms with Crippen molar-refractivity contribution in [2.75, 3.05) is 19.1 Å². The van der Waals surface area contributed by atoms with E-state index in [-0.39, 0.29) is 29.2 Å². The van der Waals surface area contributed by atoms with Crippen LogP contribution < -0.4 is 4.90 Å². The number of nitrogens with zero attached hydrogens (tertiary/aromatic N) is 4. The molecule has 3 aromatic rings. The van der Waals surface area contributed by atoms with E-state index >= 15 is 0 Å². The average molecular weight is 565 g/mol. The Morgan fingerprint density at radius 2 is 1.80 bits per heavy atom. The average Bonchev–Trinajstić information content (AvgIpc) is 2.94. The van der Waals surface area contributed by atoms with E-state index in [4.69, 9.17) is 5.26 Å². The molecular weight excluding hydrogens is 537 g/mol. The number of nitriles is 1. The molecule has 1 aliphatic heterocycles. The van der Waals surface area contributed by atoms with Crippen LogP contribution in [0.25, 0.3) is 0 Å². The van der Waals surface area contributed by atoms with Crippen LogP contribution in [0.1, 0.15) is 52.6 Å². The van der Waals surface area contributed by atoms with Crippen molar-refractivity contribution in [1.29, 1.82) is 5.26 Å². The summed E-state index contributed by atoms with van der Waals surface area (Å²) in [7, 11) is 3.25. The number of carbonyl (C=O) groups excluding carboxylic acids is 3. The van der Waals surface area contributed by atoms with Gasteiger partial charge in [-0.2, -0.15) is 18.4 Å². The summed E-state index contributed by atoms with van der Waals surface area (Å²) in [5, 5.41) is 9.14. The number of hydrogen-bond donors (Lipinski definition) is 0. The summed E-state index contributed by atoms with van der Waals surface area (Å²) in [4.78, 5) is 44.9. The lowest BCUT2D eigenvalue weighted by Gasteiger charge is -2.43. The van der Waals surface area contributed by atoms with Gasteiger partial charge in [0.2, 0.25) is 0 Å². The summed E-state index contributed by atoms with van der Waals surface area (Å²) < 4.78 is 44.7. The van der Waals surface area contributed by atoms with E-state index in [9.17, 15) is 27.6 Å². The first-order chi connectivity index (χ1) is 19.5. The second-order valence-corrected chi connectivity index (χ2v) is 9.11. The van der Waals surface area contributed by atoms with Crippen molar-refractivity contribution in [3.8, 4) is 6.07 Å². The Morgan fingerprint density at radius 3 is 2.37 bits per heavy atom. The van der Waals surface area contributed by atoms with Gasteiger partial charge in [-0.15, -0.1) is 0 Å². The van der Waals surface area contributed by atoms with Gasteiger partial charge < -0.3 is 9.64 Å². The van der Waals surface area contributed by atoms with Gasteiger partial charge in [0, 0.05) is 43.8 Å². The van der Waals surface area contributed by atoms with Crippen LogP contribution >= 0.6 is 0 Å². The number of carbonyl (C=O) groups is 3. The van der Waals surface area contributed by atoms with Gasteiger partial charge in [0.05, 0.1) is 17.3 Å². The Kier molecular flexibility index (Phi) is 9.76. The minimum absolute atomic E-state index is 0.0517. The van der Waals surface area contributed by atoms with E-state index < -0.39 is 29.6 Å². The van der Waals surface area contributed by atoms with Crippen molar-refractivity contribution in [3.63, 3.8) is 0 Å². The fraction of sp³-hybridized carbons (Fsp3) is 0.233. The summed E-state index contributed by atoms with van der Waals surface area (Å²) in [6.07, 6.45) is -2.59. The van der Waals surface area contributed by atoms with Gasteiger partial charge in [-0.25, -0.2) is 9.78 Å². The molecule has 0 radical (unpaired) electrons. The molecule has 1 aromatic heterocycles. The number of allylic oxidation sites excluding steroid dienone is 1. The van der Waals surface area contributed by atoms with Gasteiger partial charge in [-0.1, -0.05) is 30.3 Å². The van der Waals surface area contributed by atoms with E-state index in [0.717, 1.165) is 17.0 Å². The number of hydrogen-bond acceptors (Lipinski definition) is 6. The highest BCUT2D eigenvalue weighted by Crippen LogP contribution is 2.41. The molecule has 1 aliphatic rings. The Labute approximate surface area is 235 Å². The molecule has 0 saturated heterocycles. The zero-order valence-corrected chi connectivity index (χ0v) is 22.8. The number of aldehydes is 1. The number of methoxy groups -OCH3 is 1. The van der Waals surface area contributed by atoms with Crippen LogP contribution in [-0.4, -0.2) is 42.2 Å². The highest BCUT2D eigenvalue weighted by Gasteiger charge is 2.42. The van der Waals surface area contributed by atoms with Crippen molar-refractivity contribution in [3.05, 3.63) is 106 Å². The fourth-order valence-corrected chi connectivity index (χ4v) is 4.53. The third-order valence-electron chi connectivity index (χ3n) is 6.21. The molecule has 0 bridgehead atoms. The number of benzene rings is 2. The Hall–Kier alpha value is -4.82. The van der Waals surface area contributed by atoms with E-state index in [1.807, 2.05) is 6.07 Å². The Bertz CT molecular complexity index is 1510. The van der Waals surface area contributed by atoms with Crippen LogP contribution in [0.4, 0.5) is 23.7 Å². The molecule has 1 unspecified atom stereocenters. The van der Waals surface area contributed by atoms with Gasteiger partial charge in [0.1, 0.15) is 18.0 Å². The maximum absolute atomic E-state index is 14.0. The second kappa shape index (κ2) is 13.0. The molecule has 4 rings (SSSR count). The minimum Gasteiger partial charge on any atom is -0.388 e. The van der Waals surface area contributed by atoms with Crippen molar-refractivity contribution in [2.24, 2.45) is 0 Å². The molecule has 41 heavy (non-hydrogen) atoms. The summed E-state index contributed by atoms with van der Waals surface area (Å²) in [5.74, 6) is -0.395. The second-order valence-electron chi connectivity index (χ2n) is 9.11. The van der Waals surface area contributed by atoms with Crippen molar-refractivity contribution in [2.45, 2.75) is 32.6 Å². The zero-order valence-electron chi connectivity index (χ0n) is 22.8. The molecule has 8 nitrogen and oxygen atoms in total. The number of pyridine rings is 1. The lowest BCUT2D eigenvalue weighted by molar-refractivity contribution is -0.137. The number of anilines is 1. The number of urea groups is 1. The molecule has 0 saturated carbocycles. The van der Waals surface area contributed by atoms with Gasteiger partial charge in [-0.05, 0) is 55.3 Å². The summed E-state index contributed by atoms with van der Waals surface area (Å²) >= 11 is 0. The first-order valence-corrected chi connectivity index (χ1v) is 12.3. The topological polar surface area (TPSA) is 104 Å². The summed E-state index contributed by atoms with van der Waals surface area (Å²) in [6, 6.07) is 14.2. The predicted octanol–water partition coefficient (Wildman–Crippen LogP) is 6.09. The molecule has 0 aliphatic carbocycles. The predicted molar refractivity (Wildman–Crippen MR) is 145 cm³/mol. The molecule has 1 atom stereocenters.